The van der Waals surface area contributed by atoms with Gasteiger partial charge in [0.2, 0.25) is 0 Å². The van der Waals surface area contributed by atoms with Crippen LogP contribution in [-0.2, 0) is 11.3 Å². The average Bonchev–Trinajstić information content (AvgIpc) is 3.06. The van der Waals surface area contributed by atoms with Gasteiger partial charge < -0.3 is 19.5 Å². The summed E-state index contributed by atoms with van der Waals surface area (Å²) in [6.45, 7) is 9.65. The van der Waals surface area contributed by atoms with Crippen molar-refractivity contribution in [2.45, 2.75) is 33.2 Å². The van der Waals surface area contributed by atoms with Crippen LogP contribution in [0.5, 0.6) is 0 Å². The van der Waals surface area contributed by atoms with Gasteiger partial charge in [0.15, 0.2) is 0 Å². The first kappa shape index (κ1) is 16.0. The van der Waals surface area contributed by atoms with Crippen molar-refractivity contribution < 1.29 is 9.53 Å². The summed E-state index contributed by atoms with van der Waals surface area (Å²) >= 11 is 0. The molecule has 118 valence electrons. The minimum atomic E-state index is -0.00688. The Morgan fingerprint density at radius 3 is 2.67 bits per heavy atom. The number of carbonyl (C=O) groups is 1. The fourth-order valence-electron chi connectivity index (χ4n) is 2.98. The van der Waals surface area contributed by atoms with Gasteiger partial charge in [-0.15, -0.1) is 0 Å². The van der Waals surface area contributed by atoms with Crippen LogP contribution < -0.4 is 5.32 Å². The summed E-state index contributed by atoms with van der Waals surface area (Å²) < 4.78 is 7.21. The van der Waals surface area contributed by atoms with E-state index < -0.39 is 0 Å². The zero-order valence-corrected chi connectivity index (χ0v) is 13.4. The average molecular weight is 293 g/mol. The lowest BCUT2D eigenvalue weighted by molar-refractivity contribution is 0.0936. The maximum Gasteiger partial charge on any atom is 0.253 e. The van der Waals surface area contributed by atoms with Gasteiger partial charge in [-0.05, 0) is 45.8 Å². The normalized spacial score (nSPS) is 15.6. The van der Waals surface area contributed by atoms with Gasteiger partial charge in [0.05, 0.1) is 12.2 Å². The summed E-state index contributed by atoms with van der Waals surface area (Å²) in [4.78, 5) is 14.7. The fourth-order valence-corrected chi connectivity index (χ4v) is 2.98. The van der Waals surface area contributed by atoms with Crippen molar-refractivity contribution >= 4 is 5.91 Å². The second-order valence-electron chi connectivity index (χ2n) is 5.73. The molecule has 0 spiro atoms. The SMILES string of the molecule is COCCNC(=O)c1cc(C)n(CCN2CCCC2)c1C. The van der Waals surface area contributed by atoms with Gasteiger partial charge in [-0.3, -0.25) is 4.79 Å². The highest BCUT2D eigenvalue weighted by Gasteiger charge is 2.17. The maximum atomic E-state index is 12.2. The number of rotatable bonds is 7. The number of hydrogen-bond donors (Lipinski definition) is 1. The van der Waals surface area contributed by atoms with Crippen LogP contribution in [0.3, 0.4) is 0 Å². The van der Waals surface area contributed by atoms with E-state index in [1.165, 1.54) is 25.9 Å². The van der Waals surface area contributed by atoms with Crippen LogP contribution in [0.15, 0.2) is 6.07 Å². The lowest BCUT2D eigenvalue weighted by Gasteiger charge is -2.17. The molecule has 2 heterocycles. The monoisotopic (exact) mass is 293 g/mol. The molecule has 1 aliphatic rings. The van der Waals surface area contributed by atoms with Crippen molar-refractivity contribution in [1.29, 1.82) is 0 Å². The minimum absolute atomic E-state index is 0.00688. The Morgan fingerprint density at radius 1 is 1.29 bits per heavy atom. The molecule has 0 unspecified atom stereocenters. The molecule has 1 aliphatic heterocycles. The number of nitrogens with zero attached hydrogens (tertiary/aromatic N) is 2. The van der Waals surface area contributed by atoms with Gasteiger partial charge in [-0.25, -0.2) is 0 Å². The number of nitrogens with one attached hydrogen (secondary N) is 1. The van der Waals surface area contributed by atoms with Gasteiger partial charge in [-0.2, -0.15) is 0 Å². The van der Waals surface area contributed by atoms with Gasteiger partial charge >= 0.3 is 0 Å². The van der Waals surface area contributed by atoms with Crippen molar-refractivity contribution in [2.24, 2.45) is 0 Å². The number of amides is 1. The minimum Gasteiger partial charge on any atom is -0.383 e. The van der Waals surface area contributed by atoms with Gasteiger partial charge in [0, 0.05) is 38.1 Å². The molecule has 0 aromatic carbocycles. The molecule has 0 aliphatic carbocycles. The Balaban J connectivity index is 1.97. The third-order valence-corrected chi connectivity index (χ3v) is 4.25. The van der Waals surface area contributed by atoms with Crippen molar-refractivity contribution in [3.8, 4) is 0 Å². The van der Waals surface area contributed by atoms with E-state index in [9.17, 15) is 4.79 Å². The van der Waals surface area contributed by atoms with Crippen LogP contribution in [0.2, 0.25) is 0 Å². The summed E-state index contributed by atoms with van der Waals surface area (Å²) in [7, 11) is 1.64. The topological polar surface area (TPSA) is 46.5 Å². The van der Waals surface area contributed by atoms with Gasteiger partial charge in [0.1, 0.15) is 0 Å². The molecule has 0 radical (unpaired) electrons. The molecule has 1 saturated heterocycles. The highest BCUT2D eigenvalue weighted by molar-refractivity contribution is 5.95. The van der Waals surface area contributed by atoms with Crippen molar-refractivity contribution in [2.75, 3.05) is 39.9 Å². The number of hydrogen-bond acceptors (Lipinski definition) is 3. The highest BCUT2D eigenvalue weighted by atomic mass is 16.5. The number of likely N-dealkylation sites (tertiary alicyclic amines) is 1. The molecular formula is C16H27N3O2. The third kappa shape index (κ3) is 4.08. The van der Waals surface area contributed by atoms with Crippen molar-refractivity contribution in [3.05, 3.63) is 23.0 Å². The first-order valence-corrected chi connectivity index (χ1v) is 7.79. The lowest BCUT2D eigenvalue weighted by atomic mass is 10.2. The maximum absolute atomic E-state index is 12.2. The number of methoxy groups -OCH3 is 1. The van der Waals surface area contributed by atoms with Crippen molar-refractivity contribution in [1.82, 2.24) is 14.8 Å². The molecular weight excluding hydrogens is 266 g/mol. The molecule has 5 heteroatoms. The largest absolute Gasteiger partial charge is 0.383 e. The Labute approximate surface area is 127 Å². The van der Waals surface area contributed by atoms with E-state index in [1.807, 2.05) is 13.0 Å². The molecule has 1 amide bonds. The van der Waals surface area contributed by atoms with Crippen LogP contribution in [0.4, 0.5) is 0 Å². The summed E-state index contributed by atoms with van der Waals surface area (Å²) in [5, 5.41) is 2.89. The van der Waals surface area contributed by atoms with E-state index in [4.69, 9.17) is 4.74 Å². The van der Waals surface area contributed by atoms with Crippen LogP contribution >= 0.6 is 0 Å². The van der Waals surface area contributed by atoms with Crippen molar-refractivity contribution in [3.63, 3.8) is 0 Å². The van der Waals surface area contributed by atoms with Gasteiger partial charge in [-0.1, -0.05) is 0 Å². The van der Waals surface area contributed by atoms with Crippen LogP contribution in [0, 0.1) is 13.8 Å². The second-order valence-corrected chi connectivity index (χ2v) is 5.73. The molecule has 1 aromatic heterocycles. The van der Waals surface area contributed by atoms with Crippen LogP contribution in [0.1, 0.15) is 34.6 Å². The van der Waals surface area contributed by atoms with E-state index >= 15 is 0 Å². The smallest absolute Gasteiger partial charge is 0.253 e. The molecule has 0 saturated carbocycles. The summed E-state index contributed by atoms with van der Waals surface area (Å²) in [5.41, 5.74) is 3.00. The van der Waals surface area contributed by atoms with E-state index in [0.717, 1.165) is 30.0 Å². The molecule has 1 fully saturated rings. The first-order chi connectivity index (χ1) is 10.1. The molecule has 1 aromatic rings. The molecule has 1 N–H and O–H groups in total. The number of aryl methyl sites for hydroxylation is 1. The highest BCUT2D eigenvalue weighted by Crippen LogP contribution is 2.16. The summed E-state index contributed by atoms with van der Waals surface area (Å²) in [6, 6.07) is 1.99. The standard InChI is InChI=1S/C16H27N3O2/c1-13-12-15(16(20)17-6-11-21-3)14(2)19(13)10-9-18-7-4-5-8-18/h12H,4-11H2,1-3H3,(H,17,20). The number of ether oxygens (including phenoxy) is 1. The Hall–Kier alpha value is -1.33. The third-order valence-electron chi connectivity index (χ3n) is 4.25. The Morgan fingerprint density at radius 2 is 2.00 bits per heavy atom. The fraction of sp³-hybridized carbons (Fsp3) is 0.688. The van der Waals surface area contributed by atoms with E-state index in [2.05, 4.69) is 21.7 Å². The summed E-state index contributed by atoms with van der Waals surface area (Å²) in [5.74, 6) is -0.00688. The van der Waals surface area contributed by atoms with Crippen LogP contribution in [0.25, 0.3) is 0 Å². The summed E-state index contributed by atoms with van der Waals surface area (Å²) in [6.07, 6.45) is 2.63. The second kappa shape index (κ2) is 7.61. The van der Waals surface area contributed by atoms with E-state index in [-0.39, 0.29) is 5.91 Å². The predicted molar refractivity (Wildman–Crippen MR) is 83.8 cm³/mol. The lowest BCUT2D eigenvalue weighted by Crippen LogP contribution is -2.28. The van der Waals surface area contributed by atoms with Gasteiger partial charge in [0.25, 0.3) is 5.91 Å². The Bertz CT molecular complexity index is 476. The zero-order valence-electron chi connectivity index (χ0n) is 13.4. The zero-order chi connectivity index (χ0) is 15.2. The number of aromatic nitrogens is 1. The van der Waals surface area contributed by atoms with Crippen LogP contribution in [-0.4, -0.2) is 55.3 Å². The molecule has 0 bridgehead atoms. The van der Waals surface area contributed by atoms with E-state index in [0.29, 0.717) is 13.2 Å². The number of carbonyl (C=O) groups excluding carboxylic acids is 1. The predicted octanol–water partition coefficient (Wildman–Crippen LogP) is 1.58. The molecule has 0 atom stereocenters. The quantitative estimate of drug-likeness (QED) is 0.776. The van der Waals surface area contributed by atoms with E-state index in [1.54, 1.807) is 7.11 Å². The first-order valence-electron chi connectivity index (χ1n) is 7.79. The Kier molecular flexibility index (Phi) is 5.82. The molecule has 21 heavy (non-hydrogen) atoms. The molecule has 5 nitrogen and oxygen atoms in total. The molecule has 2 rings (SSSR count).